The van der Waals surface area contributed by atoms with Crippen molar-refractivity contribution in [3.05, 3.63) is 0 Å². The van der Waals surface area contributed by atoms with Crippen LogP contribution in [-0.4, -0.2) is 37.0 Å². The molecule has 5 heteroatoms. The van der Waals surface area contributed by atoms with Crippen molar-refractivity contribution in [1.29, 1.82) is 0 Å². The highest BCUT2D eigenvalue weighted by Gasteiger charge is 2.40. The molecule has 3 unspecified atom stereocenters. The monoisotopic (exact) mass is 685 g/mol. The van der Waals surface area contributed by atoms with E-state index in [9.17, 15) is 0 Å². The molecule has 0 aliphatic heterocycles. The van der Waals surface area contributed by atoms with Crippen LogP contribution in [0.15, 0.2) is 0 Å². The zero-order valence-electron chi connectivity index (χ0n) is 34.9. The SMILES string of the molecule is CCCCCCCCOC(CCCCCCCCOOC(C)(C)CC(C)(C)CC)(OCC(CC)CCCC)OC(C)(C)CC(C)CCC. The Kier molecular flexibility index (Phi) is 27.3. The molecule has 0 N–H and O–H groups in total. The zero-order valence-corrected chi connectivity index (χ0v) is 34.9. The Labute approximate surface area is 302 Å². The summed E-state index contributed by atoms with van der Waals surface area (Å²) in [4.78, 5) is 11.5. The first-order valence-corrected chi connectivity index (χ1v) is 21.0. The van der Waals surface area contributed by atoms with Crippen molar-refractivity contribution in [2.24, 2.45) is 17.3 Å². The van der Waals surface area contributed by atoms with Crippen molar-refractivity contribution in [2.75, 3.05) is 19.8 Å². The number of hydrogen-bond donors (Lipinski definition) is 0. The quantitative estimate of drug-likeness (QED) is 0.0288. The lowest BCUT2D eigenvalue weighted by molar-refractivity contribution is -0.414. The maximum absolute atomic E-state index is 7.05. The molecule has 0 amide bonds. The van der Waals surface area contributed by atoms with E-state index in [1.807, 2.05) is 0 Å². The summed E-state index contributed by atoms with van der Waals surface area (Å²) in [5, 5.41) is 0. The highest BCUT2D eigenvalue weighted by Crippen LogP contribution is 2.35. The van der Waals surface area contributed by atoms with Crippen molar-refractivity contribution in [2.45, 2.75) is 242 Å². The van der Waals surface area contributed by atoms with Crippen LogP contribution in [0.3, 0.4) is 0 Å². The number of ether oxygens (including phenoxy) is 3. The third-order valence-electron chi connectivity index (χ3n) is 10.1. The van der Waals surface area contributed by atoms with Crippen molar-refractivity contribution < 1.29 is 24.0 Å². The molecule has 3 atom stereocenters. The Morgan fingerprint density at radius 1 is 0.562 bits per heavy atom. The summed E-state index contributed by atoms with van der Waals surface area (Å²) in [7, 11) is 0. The van der Waals surface area contributed by atoms with Gasteiger partial charge in [-0.1, -0.05) is 152 Å². The molecular weight excluding hydrogens is 596 g/mol. The fraction of sp³-hybridized carbons (Fsp3) is 1.00. The first-order chi connectivity index (χ1) is 22.7. The Balaban J connectivity index is 5.25. The Hall–Kier alpha value is -0.200. The Morgan fingerprint density at radius 3 is 1.73 bits per heavy atom. The maximum atomic E-state index is 7.05. The van der Waals surface area contributed by atoms with Gasteiger partial charge >= 0.3 is 0 Å². The fourth-order valence-electron chi connectivity index (χ4n) is 7.16. The van der Waals surface area contributed by atoms with Crippen LogP contribution in [0, 0.1) is 17.3 Å². The van der Waals surface area contributed by atoms with E-state index in [1.54, 1.807) is 0 Å². The summed E-state index contributed by atoms with van der Waals surface area (Å²) in [6, 6.07) is 0. The van der Waals surface area contributed by atoms with Crippen molar-refractivity contribution in [3.8, 4) is 0 Å². The minimum Gasteiger partial charge on any atom is -0.327 e. The molecular formula is C43H88O5. The summed E-state index contributed by atoms with van der Waals surface area (Å²) in [6.45, 7) is 29.2. The standard InChI is InChI=1S/C43H88O5/c1-13-18-20-21-25-28-33-44-43(45-36-39(16-4)31-19-14-2,47-41(9,10)35-38(6)30-15-3)32-27-24-22-23-26-29-34-46-48-42(11,12)37-40(7,8)17-5/h38-39H,13-37H2,1-12H3. The molecule has 0 spiro atoms. The lowest BCUT2D eigenvalue weighted by atomic mass is 9.80. The van der Waals surface area contributed by atoms with Crippen LogP contribution in [-0.2, 0) is 24.0 Å². The van der Waals surface area contributed by atoms with E-state index < -0.39 is 5.97 Å². The molecule has 0 bridgehead atoms. The molecule has 0 aliphatic carbocycles. The molecule has 48 heavy (non-hydrogen) atoms. The van der Waals surface area contributed by atoms with Gasteiger partial charge in [-0.25, -0.2) is 9.78 Å². The molecule has 0 radical (unpaired) electrons. The molecule has 0 aliphatic rings. The molecule has 0 aromatic heterocycles. The van der Waals surface area contributed by atoms with Crippen LogP contribution >= 0.6 is 0 Å². The third kappa shape index (κ3) is 25.7. The summed E-state index contributed by atoms with van der Waals surface area (Å²) < 4.78 is 20.7. The van der Waals surface area contributed by atoms with Gasteiger partial charge in [0.2, 0.25) is 0 Å². The van der Waals surface area contributed by atoms with Gasteiger partial charge in [0.05, 0.1) is 31.0 Å². The summed E-state index contributed by atoms with van der Waals surface area (Å²) in [5.74, 6) is 0.184. The summed E-state index contributed by atoms with van der Waals surface area (Å²) >= 11 is 0. The van der Waals surface area contributed by atoms with E-state index >= 15 is 0 Å². The first-order valence-electron chi connectivity index (χ1n) is 21.0. The van der Waals surface area contributed by atoms with E-state index in [0.29, 0.717) is 31.7 Å². The molecule has 290 valence electrons. The summed E-state index contributed by atoms with van der Waals surface area (Å²) in [5.41, 5.74) is -0.317. The minimum atomic E-state index is -0.969. The molecule has 0 rings (SSSR count). The van der Waals surface area contributed by atoms with Crippen LogP contribution < -0.4 is 0 Å². The number of unbranched alkanes of at least 4 members (excludes halogenated alkanes) is 11. The third-order valence-corrected chi connectivity index (χ3v) is 10.1. The second kappa shape index (κ2) is 27.5. The maximum Gasteiger partial charge on any atom is 0.283 e. The van der Waals surface area contributed by atoms with Crippen LogP contribution in [0.25, 0.3) is 0 Å². The van der Waals surface area contributed by atoms with Crippen LogP contribution in [0.4, 0.5) is 0 Å². The van der Waals surface area contributed by atoms with Gasteiger partial charge in [0.25, 0.3) is 5.97 Å². The lowest BCUT2D eigenvalue weighted by Crippen LogP contribution is -2.47. The smallest absolute Gasteiger partial charge is 0.283 e. The molecule has 0 aromatic rings. The van der Waals surface area contributed by atoms with E-state index in [-0.39, 0.29) is 16.6 Å². The minimum absolute atomic E-state index is 0.260. The van der Waals surface area contributed by atoms with E-state index in [0.717, 1.165) is 64.2 Å². The van der Waals surface area contributed by atoms with Crippen LogP contribution in [0.1, 0.15) is 224 Å². The van der Waals surface area contributed by atoms with Gasteiger partial charge in [-0.2, -0.15) is 0 Å². The Bertz CT molecular complexity index is 720. The average Bonchev–Trinajstić information content (AvgIpc) is 3.00. The van der Waals surface area contributed by atoms with Gasteiger partial charge in [0, 0.05) is 6.42 Å². The second-order valence-corrected chi connectivity index (χ2v) is 17.2. The molecule has 0 heterocycles. The fourth-order valence-corrected chi connectivity index (χ4v) is 7.16. The molecule has 0 aromatic carbocycles. The topological polar surface area (TPSA) is 46.2 Å². The first kappa shape index (κ1) is 47.8. The molecule has 0 fully saturated rings. The Morgan fingerprint density at radius 2 is 1.15 bits per heavy atom. The molecule has 5 nitrogen and oxygen atoms in total. The van der Waals surface area contributed by atoms with Gasteiger partial charge in [0.15, 0.2) is 0 Å². The van der Waals surface area contributed by atoms with E-state index in [4.69, 9.17) is 24.0 Å². The predicted molar refractivity (Wildman–Crippen MR) is 207 cm³/mol. The normalized spacial score (nSPS) is 15.5. The van der Waals surface area contributed by atoms with E-state index in [2.05, 4.69) is 83.1 Å². The highest BCUT2D eigenvalue weighted by molar-refractivity contribution is 4.78. The average molecular weight is 685 g/mol. The van der Waals surface area contributed by atoms with Gasteiger partial charge in [-0.15, -0.1) is 0 Å². The van der Waals surface area contributed by atoms with Gasteiger partial charge in [-0.05, 0) is 83.5 Å². The molecule has 0 saturated heterocycles. The largest absolute Gasteiger partial charge is 0.327 e. The number of rotatable bonds is 35. The molecule has 0 saturated carbocycles. The van der Waals surface area contributed by atoms with Crippen molar-refractivity contribution in [3.63, 3.8) is 0 Å². The zero-order chi connectivity index (χ0) is 36.4. The predicted octanol–water partition coefficient (Wildman–Crippen LogP) is 14.2. The van der Waals surface area contributed by atoms with Crippen molar-refractivity contribution >= 4 is 0 Å². The van der Waals surface area contributed by atoms with Crippen molar-refractivity contribution in [1.82, 2.24) is 0 Å². The van der Waals surface area contributed by atoms with Gasteiger partial charge in [-0.3, -0.25) is 0 Å². The van der Waals surface area contributed by atoms with E-state index in [1.165, 1.54) is 77.0 Å². The highest BCUT2D eigenvalue weighted by atomic mass is 17.2. The number of hydrogen-bond acceptors (Lipinski definition) is 5. The van der Waals surface area contributed by atoms with Gasteiger partial charge in [0.1, 0.15) is 0 Å². The second-order valence-electron chi connectivity index (χ2n) is 17.2. The van der Waals surface area contributed by atoms with Crippen LogP contribution in [0.2, 0.25) is 0 Å². The van der Waals surface area contributed by atoms with Crippen LogP contribution in [0.5, 0.6) is 0 Å². The lowest BCUT2D eigenvalue weighted by Gasteiger charge is -2.42. The van der Waals surface area contributed by atoms with Gasteiger partial charge < -0.3 is 14.2 Å². The summed E-state index contributed by atoms with van der Waals surface area (Å²) in [6.07, 6.45) is 25.5.